The lowest BCUT2D eigenvalue weighted by molar-refractivity contribution is -0.378. The Morgan fingerprint density at radius 1 is 0.606 bits per heavy atom. The van der Waals surface area contributed by atoms with Crippen LogP contribution in [0.3, 0.4) is 0 Å². The first kappa shape index (κ1) is 52.8. The van der Waals surface area contributed by atoms with E-state index < -0.39 is 135 Å². The third kappa shape index (κ3) is 8.79. The van der Waals surface area contributed by atoms with E-state index in [4.69, 9.17) is 28.4 Å². The molecule has 0 aromatic rings. The summed E-state index contributed by atoms with van der Waals surface area (Å²) >= 11 is 0. The topological polar surface area (TPSA) is 298 Å². The smallest absolute Gasteiger partial charge is 0.187 e. The fourth-order valence-corrected chi connectivity index (χ4v) is 14.9. The highest BCUT2D eigenvalue weighted by molar-refractivity contribution is 5.20. The van der Waals surface area contributed by atoms with Crippen LogP contribution >= 0.6 is 0 Å². The maximum absolute atomic E-state index is 12.7. The van der Waals surface area contributed by atoms with Crippen molar-refractivity contribution < 1.29 is 89.7 Å². The Morgan fingerprint density at radius 2 is 1.14 bits per heavy atom. The number of ether oxygens (including phenoxy) is 6. The number of hydrogen-bond acceptors (Lipinski definition) is 18. The largest absolute Gasteiger partial charge is 0.394 e. The van der Waals surface area contributed by atoms with Gasteiger partial charge in [0.05, 0.1) is 37.6 Å². The average molecular weight is 947 g/mol. The highest BCUT2D eigenvalue weighted by Gasteiger charge is 2.72. The lowest BCUT2D eigenvalue weighted by Crippen LogP contribution is -2.68. The van der Waals surface area contributed by atoms with Crippen LogP contribution < -0.4 is 0 Å². The summed E-state index contributed by atoms with van der Waals surface area (Å²) in [6.45, 7) is 15.5. The minimum atomic E-state index is -1.79. The maximum atomic E-state index is 12.7. The molecule has 0 spiro atoms. The summed E-state index contributed by atoms with van der Waals surface area (Å²) in [4.78, 5) is 0. The van der Waals surface area contributed by atoms with Gasteiger partial charge in [0.25, 0.3) is 0 Å². The quantitative estimate of drug-likeness (QED) is 0.0853. The van der Waals surface area contributed by atoms with E-state index in [-0.39, 0.29) is 39.9 Å². The zero-order chi connectivity index (χ0) is 48.6. The van der Waals surface area contributed by atoms with E-state index in [1.54, 1.807) is 0 Å². The Bertz CT molecular complexity index is 1680. The second-order valence-corrected chi connectivity index (χ2v) is 22.9. The molecule has 3 aliphatic heterocycles. The van der Waals surface area contributed by atoms with Crippen LogP contribution in [0.25, 0.3) is 0 Å². The molecule has 18 heteroatoms. The monoisotopic (exact) mass is 947 g/mol. The van der Waals surface area contributed by atoms with Crippen LogP contribution in [0, 0.1) is 45.3 Å². The normalized spacial score (nSPS) is 52.4. The molecule has 0 amide bonds. The summed E-state index contributed by atoms with van der Waals surface area (Å²) in [6, 6.07) is 0. The summed E-state index contributed by atoms with van der Waals surface area (Å²) in [6.07, 6.45) is -15.4. The van der Waals surface area contributed by atoms with Crippen molar-refractivity contribution in [1.82, 2.24) is 0 Å². The van der Waals surface area contributed by atoms with Crippen LogP contribution in [0.4, 0.5) is 0 Å². The van der Waals surface area contributed by atoms with Crippen molar-refractivity contribution in [1.29, 1.82) is 0 Å². The molecule has 3 saturated heterocycles. The summed E-state index contributed by atoms with van der Waals surface area (Å²) < 4.78 is 37.2. The maximum Gasteiger partial charge on any atom is 0.187 e. The van der Waals surface area contributed by atoms with E-state index in [1.807, 2.05) is 20.8 Å². The van der Waals surface area contributed by atoms with Crippen LogP contribution in [-0.2, 0) is 28.4 Å². The molecule has 66 heavy (non-hydrogen) atoms. The van der Waals surface area contributed by atoms with Crippen LogP contribution in [-0.4, -0.2) is 191 Å². The molecule has 0 bridgehead atoms. The molecule has 7 rings (SSSR count). The minimum Gasteiger partial charge on any atom is -0.394 e. The van der Waals surface area contributed by atoms with Crippen molar-refractivity contribution in [3.05, 3.63) is 11.6 Å². The van der Waals surface area contributed by atoms with E-state index >= 15 is 0 Å². The fraction of sp³-hybridized carbons (Fsp3) is 0.958. The Morgan fingerprint density at radius 3 is 1.71 bits per heavy atom. The second kappa shape index (κ2) is 19.6. The zero-order valence-electron chi connectivity index (χ0n) is 40.0. The van der Waals surface area contributed by atoms with E-state index in [0.29, 0.717) is 25.7 Å². The molecular weight excluding hydrogens is 865 g/mol. The van der Waals surface area contributed by atoms with E-state index in [2.05, 4.69) is 40.7 Å². The van der Waals surface area contributed by atoms with Crippen LogP contribution in [0.1, 0.15) is 113 Å². The Hall–Kier alpha value is -0.980. The number of allylic oxidation sites excluding steroid dienone is 2. The van der Waals surface area contributed by atoms with Gasteiger partial charge in [-0.05, 0) is 124 Å². The zero-order valence-corrected chi connectivity index (χ0v) is 40.0. The van der Waals surface area contributed by atoms with Crippen molar-refractivity contribution >= 4 is 0 Å². The van der Waals surface area contributed by atoms with E-state index in [9.17, 15) is 61.3 Å². The second-order valence-electron chi connectivity index (χ2n) is 22.9. The van der Waals surface area contributed by atoms with Crippen molar-refractivity contribution in [2.75, 3.05) is 19.8 Å². The first-order valence-electron chi connectivity index (χ1n) is 24.4. The molecular formula is C48H82O18. The molecule has 12 N–H and O–H groups in total. The van der Waals surface area contributed by atoms with E-state index in [1.165, 1.54) is 0 Å². The lowest BCUT2D eigenvalue weighted by Gasteiger charge is -2.71. The molecule has 382 valence electrons. The number of aliphatic hydroxyl groups is 12. The van der Waals surface area contributed by atoms with Gasteiger partial charge in [-0.1, -0.05) is 46.3 Å². The van der Waals surface area contributed by atoms with Crippen molar-refractivity contribution in [2.45, 2.75) is 223 Å². The van der Waals surface area contributed by atoms with Gasteiger partial charge in [0.1, 0.15) is 73.2 Å². The number of hydrogen-bond donors (Lipinski definition) is 12. The molecule has 0 radical (unpaired) electrons. The summed E-state index contributed by atoms with van der Waals surface area (Å²) in [5.74, 6) is -0.151. The minimum absolute atomic E-state index is 0.0905. The molecule has 4 saturated carbocycles. The van der Waals surface area contributed by atoms with Gasteiger partial charge in [0, 0.05) is 0 Å². The van der Waals surface area contributed by atoms with Crippen molar-refractivity contribution in [2.24, 2.45) is 45.3 Å². The van der Waals surface area contributed by atoms with Gasteiger partial charge in [0.15, 0.2) is 18.9 Å². The van der Waals surface area contributed by atoms with E-state index in [0.717, 1.165) is 37.7 Å². The SMILES string of the molecule is CC(C)=CCC[C@](C)(O[C@@H]1O[C@H](CO)[C@@H](O)[C@H](O)[C@H]1O)[C@H]1CC[C@]2(C)[C@H]1[C@H](O)C[C@H]1[C@@]3(C)CC[C@H](O[C@H]4O[C@H](CO)[C@@H](O)[C@H](O)[C@@H]4O[C@H]4O[C@H](CO)[C@@H](O)[C@H](O)[C@H]4O)C(C)(C)[C@@H]3CC[C@]12C. The third-order valence-corrected chi connectivity index (χ3v) is 18.8. The Labute approximate surface area is 388 Å². The predicted octanol–water partition coefficient (Wildman–Crippen LogP) is -0.0268. The molecule has 25 atom stereocenters. The van der Waals surface area contributed by atoms with Gasteiger partial charge in [-0.15, -0.1) is 0 Å². The Kier molecular flexibility index (Phi) is 15.7. The third-order valence-electron chi connectivity index (χ3n) is 18.8. The van der Waals surface area contributed by atoms with Crippen LogP contribution in [0.15, 0.2) is 11.6 Å². The summed E-state index contributed by atoms with van der Waals surface area (Å²) in [5, 5.41) is 129. The molecule has 0 aromatic heterocycles. The predicted molar refractivity (Wildman–Crippen MR) is 234 cm³/mol. The molecule has 3 heterocycles. The van der Waals surface area contributed by atoms with Crippen LogP contribution in [0.5, 0.6) is 0 Å². The highest BCUT2D eigenvalue weighted by Crippen LogP contribution is 2.76. The van der Waals surface area contributed by atoms with Crippen molar-refractivity contribution in [3.63, 3.8) is 0 Å². The number of rotatable bonds is 13. The summed E-state index contributed by atoms with van der Waals surface area (Å²) in [7, 11) is 0. The molecule has 4 aliphatic carbocycles. The summed E-state index contributed by atoms with van der Waals surface area (Å²) in [5.41, 5.74) is -1.12. The lowest BCUT2D eigenvalue weighted by atomic mass is 9.35. The number of aliphatic hydroxyl groups excluding tert-OH is 12. The first-order chi connectivity index (χ1) is 30.8. The standard InChI is InChI=1S/C48H82O18/c1-22(2)10-9-14-48(8,66-42-39(60)36(57)33(54)26(20-50)62-42)23-11-16-47(7)31(23)24(52)18-29-45(5)15-13-30(44(3,4)28(45)12-17-46(29,47)6)64-43-40(37(58)34(55)27(21-51)63-43)65-41-38(59)35(56)32(53)25(19-49)61-41/h10,23-43,49-60H,9,11-21H2,1-8H3/t23-,24+,25+,26+,27+,28-,29-,30-,31+,32+,33+,34+,35-,36-,37-,38+,39+,40-,41+,42-,43+,45-,46+,47+,48-/m0/s1. The van der Waals surface area contributed by atoms with Crippen molar-refractivity contribution in [3.8, 4) is 0 Å². The van der Waals surface area contributed by atoms with Crippen LogP contribution in [0.2, 0.25) is 0 Å². The number of fused-ring (bicyclic) bond motifs is 5. The average Bonchev–Trinajstić information content (AvgIpc) is 3.65. The molecule has 0 unspecified atom stereocenters. The molecule has 18 nitrogen and oxygen atoms in total. The Balaban J connectivity index is 1.13. The first-order valence-corrected chi connectivity index (χ1v) is 24.4. The molecule has 7 aliphatic rings. The fourth-order valence-electron chi connectivity index (χ4n) is 14.9. The van der Waals surface area contributed by atoms with Gasteiger partial charge < -0.3 is 89.7 Å². The highest BCUT2D eigenvalue weighted by atomic mass is 16.8. The van der Waals surface area contributed by atoms with Gasteiger partial charge in [0.2, 0.25) is 0 Å². The molecule has 7 fully saturated rings. The molecule has 0 aromatic carbocycles. The van der Waals surface area contributed by atoms with Gasteiger partial charge in [-0.25, -0.2) is 0 Å². The van der Waals surface area contributed by atoms with Gasteiger partial charge in [-0.2, -0.15) is 0 Å². The van der Waals surface area contributed by atoms with Gasteiger partial charge >= 0.3 is 0 Å². The van der Waals surface area contributed by atoms with Gasteiger partial charge in [-0.3, -0.25) is 0 Å².